The predicted octanol–water partition coefficient (Wildman–Crippen LogP) is 3.52. The van der Waals surface area contributed by atoms with E-state index in [-0.39, 0.29) is 39.5 Å². The fourth-order valence-electron chi connectivity index (χ4n) is 3.17. The molecule has 0 saturated carbocycles. The predicted molar refractivity (Wildman–Crippen MR) is 109 cm³/mol. The van der Waals surface area contributed by atoms with Crippen molar-refractivity contribution in [1.82, 2.24) is 0 Å². The minimum Gasteiger partial charge on any atom is -0.423 e. The number of hydrogen-bond acceptors (Lipinski definition) is 8. The van der Waals surface area contributed by atoms with Gasteiger partial charge in [0.05, 0.1) is 38.3 Å². The molecule has 3 aromatic carbocycles. The van der Waals surface area contributed by atoms with Crippen molar-refractivity contribution in [1.29, 1.82) is 0 Å². The van der Waals surface area contributed by atoms with Gasteiger partial charge in [-0.25, -0.2) is 9.69 Å². The molecule has 0 aliphatic carbocycles. The summed E-state index contributed by atoms with van der Waals surface area (Å²) in [6, 6.07) is 13.8. The summed E-state index contributed by atoms with van der Waals surface area (Å²) in [5, 5.41) is 21.9. The highest BCUT2D eigenvalue weighted by Crippen LogP contribution is 2.31. The molecular formula is C21H11N3O8. The average Bonchev–Trinajstić information content (AvgIpc) is 3.03. The first-order chi connectivity index (χ1) is 15.3. The van der Waals surface area contributed by atoms with Crippen LogP contribution >= 0.6 is 0 Å². The highest BCUT2D eigenvalue weighted by molar-refractivity contribution is 6.34. The van der Waals surface area contributed by atoms with Crippen LogP contribution in [0.4, 0.5) is 17.1 Å². The molecule has 32 heavy (non-hydrogen) atoms. The molecule has 2 amide bonds. The van der Waals surface area contributed by atoms with Gasteiger partial charge >= 0.3 is 5.97 Å². The number of non-ortho nitro benzene ring substituents is 2. The molecule has 0 unspecified atom stereocenters. The van der Waals surface area contributed by atoms with Crippen molar-refractivity contribution in [2.45, 2.75) is 0 Å². The third-order valence-electron chi connectivity index (χ3n) is 4.66. The topological polar surface area (TPSA) is 150 Å². The molecule has 0 spiro atoms. The van der Waals surface area contributed by atoms with Gasteiger partial charge in [-0.1, -0.05) is 12.1 Å². The molecule has 0 radical (unpaired) electrons. The lowest BCUT2D eigenvalue weighted by Gasteiger charge is -2.13. The Labute approximate surface area is 178 Å². The lowest BCUT2D eigenvalue weighted by atomic mass is 10.1. The van der Waals surface area contributed by atoms with Crippen LogP contribution in [0.25, 0.3) is 0 Å². The van der Waals surface area contributed by atoms with E-state index in [0.717, 1.165) is 17.0 Å². The fraction of sp³-hybridized carbons (Fsp3) is 0. The SMILES string of the molecule is O=C(Oc1cccc([N+](=O)[O-])c1)c1ccc2c(c1)C(=O)N(c1cccc([N+](=O)[O-])c1)C2=O. The summed E-state index contributed by atoms with van der Waals surface area (Å²) >= 11 is 0. The molecule has 158 valence electrons. The number of imide groups is 1. The number of amides is 2. The Hall–Kier alpha value is -4.93. The van der Waals surface area contributed by atoms with E-state index in [1.165, 1.54) is 54.6 Å². The van der Waals surface area contributed by atoms with E-state index in [0.29, 0.717) is 0 Å². The summed E-state index contributed by atoms with van der Waals surface area (Å²) in [7, 11) is 0. The Balaban J connectivity index is 1.62. The molecule has 0 N–H and O–H groups in total. The van der Waals surface area contributed by atoms with E-state index in [4.69, 9.17) is 4.74 Å². The first-order valence-electron chi connectivity index (χ1n) is 9.00. The summed E-state index contributed by atoms with van der Waals surface area (Å²) < 4.78 is 5.14. The summed E-state index contributed by atoms with van der Waals surface area (Å²) in [6.45, 7) is 0. The minimum absolute atomic E-state index is 0.0196. The van der Waals surface area contributed by atoms with E-state index < -0.39 is 27.6 Å². The summed E-state index contributed by atoms with van der Waals surface area (Å²) in [6.07, 6.45) is 0. The zero-order valence-corrected chi connectivity index (χ0v) is 16.0. The fourth-order valence-corrected chi connectivity index (χ4v) is 3.17. The maximum absolute atomic E-state index is 12.8. The Kier molecular flexibility index (Phi) is 4.91. The maximum Gasteiger partial charge on any atom is 0.343 e. The number of nitro groups is 2. The van der Waals surface area contributed by atoms with E-state index in [2.05, 4.69) is 0 Å². The lowest BCUT2D eigenvalue weighted by molar-refractivity contribution is -0.385. The smallest absolute Gasteiger partial charge is 0.343 e. The molecule has 3 aromatic rings. The second kappa shape index (κ2) is 7.72. The van der Waals surface area contributed by atoms with Crippen molar-refractivity contribution in [2.24, 2.45) is 0 Å². The zero-order chi connectivity index (χ0) is 23.0. The van der Waals surface area contributed by atoms with Gasteiger partial charge in [0.2, 0.25) is 0 Å². The van der Waals surface area contributed by atoms with Crippen LogP contribution in [-0.2, 0) is 0 Å². The van der Waals surface area contributed by atoms with Crippen LogP contribution in [0.15, 0.2) is 66.7 Å². The first kappa shape index (κ1) is 20.3. The maximum atomic E-state index is 12.8. The van der Waals surface area contributed by atoms with Gasteiger partial charge in [-0.05, 0) is 30.3 Å². The molecule has 0 atom stereocenters. The largest absolute Gasteiger partial charge is 0.423 e. The highest BCUT2D eigenvalue weighted by atomic mass is 16.6. The number of anilines is 1. The third-order valence-corrected chi connectivity index (χ3v) is 4.66. The number of rotatable bonds is 5. The number of ether oxygens (including phenoxy) is 1. The van der Waals surface area contributed by atoms with Crippen molar-refractivity contribution in [3.8, 4) is 5.75 Å². The number of hydrogen-bond donors (Lipinski definition) is 0. The summed E-state index contributed by atoms with van der Waals surface area (Å²) in [4.78, 5) is 59.4. The quantitative estimate of drug-likeness (QED) is 0.195. The molecule has 1 aliphatic rings. The number of nitro benzene ring substituents is 2. The number of benzene rings is 3. The van der Waals surface area contributed by atoms with Gasteiger partial charge in [-0.2, -0.15) is 0 Å². The van der Waals surface area contributed by atoms with Crippen LogP contribution in [0.2, 0.25) is 0 Å². The first-order valence-corrected chi connectivity index (χ1v) is 9.00. The van der Waals surface area contributed by atoms with Crippen molar-refractivity contribution in [2.75, 3.05) is 4.90 Å². The van der Waals surface area contributed by atoms with E-state index in [1.807, 2.05) is 0 Å². The Morgan fingerprint density at radius 2 is 1.41 bits per heavy atom. The van der Waals surface area contributed by atoms with Gasteiger partial charge < -0.3 is 4.74 Å². The molecule has 1 aliphatic heterocycles. The molecule has 11 heteroatoms. The highest BCUT2D eigenvalue weighted by Gasteiger charge is 2.37. The molecule has 0 bridgehead atoms. The van der Waals surface area contributed by atoms with Crippen LogP contribution < -0.4 is 9.64 Å². The molecule has 0 aromatic heterocycles. The summed E-state index contributed by atoms with van der Waals surface area (Å²) in [5.41, 5.74) is -0.648. The average molecular weight is 433 g/mol. The van der Waals surface area contributed by atoms with E-state index in [1.54, 1.807) is 0 Å². The van der Waals surface area contributed by atoms with Crippen LogP contribution in [-0.4, -0.2) is 27.6 Å². The molecule has 4 rings (SSSR count). The second-order valence-corrected chi connectivity index (χ2v) is 6.63. The van der Waals surface area contributed by atoms with Gasteiger partial charge in [0.1, 0.15) is 5.75 Å². The van der Waals surface area contributed by atoms with Gasteiger partial charge in [0.15, 0.2) is 0 Å². The molecule has 11 nitrogen and oxygen atoms in total. The van der Waals surface area contributed by atoms with E-state index >= 15 is 0 Å². The van der Waals surface area contributed by atoms with Crippen LogP contribution in [0, 0.1) is 20.2 Å². The zero-order valence-electron chi connectivity index (χ0n) is 16.0. The Morgan fingerprint density at radius 1 is 0.781 bits per heavy atom. The van der Waals surface area contributed by atoms with Gasteiger partial charge in [0, 0.05) is 18.2 Å². The van der Waals surface area contributed by atoms with Gasteiger partial charge in [-0.15, -0.1) is 0 Å². The molecule has 0 fully saturated rings. The number of nitrogens with zero attached hydrogens (tertiary/aromatic N) is 3. The van der Waals surface area contributed by atoms with Crippen molar-refractivity contribution >= 4 is 34.8 Å². The second-order valence-electron chi connectivity index (χ2n) is 6.63. The monoisotopic (exact) mass is 433 g/mol. The summed E-state index contributed by atoms with van der Waals surface area (Å²) in [5.74, 6) is -2.40. The van der Waals surface area contributed by atoms with Crippen LogP contribution in [0.3, 0.4) is 0 Å². The Bertz CT molecular complexity index is 1330. The van der Waals surface area contributed by atoms with Crippen LogP contribution in [0.1, 0.15) is 31.1 Å². The third kappa shape index (κ3) is 3.54. The Morgan fingerprint density at radius 3 is 2.09 bits per heavy atom. The molecule has 0 saturated heterocycles. The normalized spacial score (nSPS) is 12.4. The van der Waals surface area contributed by atoms with Gasteiger partial charge in [0.25, 0.3) is 23.2 Å². The van der Waals surface area contributed by atoms with Gasteiger partial charge in [-0.3, -0.25) is 29.8 Å². The minimum atomic E-state index is -0.887. The standard InChI is InChI=1S/C21H11N3O8/c25-19-17-8-7-12(21(27)32-16-6-2-5-15(11-16)24(30)31)9-18(17)20(26)22(19)13-3-1-4-14(10-13)23(28)29/h1-11H. The van der Waals surface area contributed by atoms with Crippen LogP contribution in [0.5, 0.6) is 5.75 Å². The number of carbonyl (C=O) groups excluding carboxylic acids is 3. The number of fused-ring (bicyclic) bond motifs is 1. The van der Waals surface area contributed by atoms with Crippen molar-refractivity contribution in [3.05, 3.63) is 104 Å². The lowest BCUT2D eigenvalue weighted by Crippen LogP contribution is -2.29. The van der Waals surface area contributed by atoms with Crippen molar-refractivity contribution < 1.29 is 29.0 Å². The number of esters is 1. The molecule has 1 heterocycles. The number of carbonyl (C=O) groups is 3. The van der Waals surface area contributed by atoms with E-state index in [9.17, 15) is 34.6 Å². The molecular weight excluding hydrogens is 422 g/mol. The van der Waals surface area contributed by atoms with Crippen molar-refractivity contribution in [3.63, 3.8) is 0 Å².